The molecule has 6 nitrogen and oxygen atoms in total. The molecule has 0 unspecified atom stereocenters. The monoisotopic (exact) mass is 351 g/mol. The van der Waals surface area contributed by atoms with Crippen molar-refractivity contribution in [3.05, 3.63) is 59.2 Å². The quantitative estimate of drug-likeness (QED) is 0.789. The van der Waals surface area contributed by atoms with E-state index in [-0.39, 0.29) is 29.2 Å². The van der Waals surface area contributed by atoms with Crippen molar-refractivity contribution < 1.29 is 28.2 Å². The fourth-order valence-electron chi connectivity index (χ4n) is 2.31. The Labute approximate surface area is 139 Å². The van der Waals surface area contributed by atoms with Gasteiger partial charge in [0, 0.05) is 23.7 Å². The summed E-state index contributed by atoms with van der Waals surface area (Å²) < 4.78 is 38.7. The third-order valence-corrected chi connectivity index (χ3v) is 3.67. The Bertz CT molecular complexity index is 822. The summed E-state index contributed by atoms with van der Waals surface area (Å²) in [7, 11) is 0. The van der Waals surface area contributed by atoms with Gasteiger partial charge in [0.1, 0.15) is 11.5 Å². The number of hydrogen-bond donors (Lipinski definition) is 3. The molecule has 1 heterocycles. The lowest BCUT2D eigenvalue weighted by Crippen LogP contribution is -2.30. The summed E-state index contributed by atoms with van der Waals surface area (Å²) in [4.78, 5) is 12.0. The second-order valence-corrected chi connectivity index (χ2v) is 5.49. The summed E-state index contributed by atoms with van der Waals surface area (Å²) in [6.07, 6.45) is -4.58. The Hall–Kier alpha value is -3.10. The fourth-order valence-corrected chi connectivity index (χ4v) is 2.31. The highest BCUT2D eigenvalue weighted by molar-refractivity contribution is 5.95. The van der Waals surface area contributed by atoms with Crippen LogP contribution in [0.5, 0.6) is 11.5 Å². The number of rotatable bonds is 4. The number of amides is 1. The molecule has 25 heavy (non-hydrogen) atoms. The third-order valence-electron chi connectivity index (χ3n) is 3.67. The molecule has 2 aromatic carbocycles. The van der Waals surface area contributed by atoms with Crippen LogP contribution in [-0.2, 0) is 12.2 Å². The zero-order valence-corrected chi connectivity index (χ0v) is 12.6. The van der Waals surface area contributed by atoms with Crippen LogP contribution in [-0.4, -0.2) is 22.3 Å². The minimum absolute atomic E-state index is 0.0562. The van der Waals surface area contributed by atoms with Crippen LogP contribution in [0.25, 0.3) is 0 Å². The first-order chi connectivity index (χ1) is 11.7. The summed E-state index contributed by atoms with van der Waals surface area (Å²) in [5.41, 5.74) is -1.93. The molecule has 0 spiro atoms. The summed E-state index contributed by atoms with van der Waals surface area (Å²) in [6, 6.07) is 8.84. The minimum atomic E-state index is -4.58. The van der Waals surface area contributed by atoms with E-state index in [2.05, 4.69) is 15.5 Å². The number of aromatic hydroxyl groups is 2. The molecule has 1 aliphatic rings. The lowest BCUT2D eigenvalue weighted by atomic mass is 10.0. The lowest BCUT2D eigenvalue weighted by molar-refractivity contribution is -0.166. The van der Waals surface area contributed by atoms with E-state index in [1.807, 2.05) is 0 Å². The molecule has 0 radical (unpaired) electrons. The Morgan fingerprint density at radius 1 is 1.04 bits per heavy atom. The van der Waals surface area contributed by atoms with Crippen LogP contribution >= 0.6 is 0 Å². The number of carbonyl (C=O) groups excluding carboxylic acids is 1. The molecule has 0 fully saturated rings. The summed E-state index contributed by atoms with van der Waals surface area (Å²) in [5.74, 6) is -1.07. The van der Waals surface area contributed by atoms with Crippen molar-refractivity contribution in [2.24, 2.45) is 10.2 Å². The van der Waals surface area contributed by atoms with Crippen molar-refractivity contribution >= 4 is 5.91 Å². The van der Waals surface area contributed by atoms with E-state index in [4.69, 9.17) is 0 Å². The molecular weight excluding hydrogens is 339 g/mol. The highest BCUT2D eigenvalue weighted by Crippen LogP contribution is 2.52. The van der Waals surface area contributed by atoms with Gasteiger partial charge in [-0.2, -0.15) is 13.2 Å². The molecule has 0 aliphatic carbocycles. The number of phenolic OH excluding ortho intramolecular Hbond substituents is 2. The van der Waals surface area contributed by atoms with Crippen LogP contribution in [0.15, 0.2) is 52.7 Å². The molecule has 9 heteroatoms. The number of nitrogens with zero attached hydrogens (tertiary/aromatic N) is 2. The summed E-state index contributed by atoms with van der Waals surface area (Å²) in [5, 5.41) is 27.5. The zero-order valence-electron chi connectivity index (χ0n) is 12.6. The van der Waals surface area contributed by atoms with Gasteiger partial charge < -0.3 is 15.5 Å². The van der Waals surface area contributed by atoms with Gasteiger partial charge in [-0.05, 0) is 17.7 Å². The van der Waals surface area contributed by atoms with E-state index in [9.17, 15) is 28.2 Å². The Morgan fingerprint density at radius 2 is 1.60 bits per heavy atom. The first kappa shape index (κ1) is 16.7. The standard InChI is InChI=1S/C16H12F3N3O3/c17-16(18,19)15(21-22-15)11-3-1-9(2-4-11)8-20-14(25)10-5-12(23)7-13(24)6-10/h1-7,23-24H,8H2,(H,20,25). The molecule has 3 N–H and O–H groups in total. The van der Waals surface area contributed by atoms with E-state index in [0.29, 0.717) is 5.56 Å². The maximum absolute atomic E-state index is 12.9. The predicted molar refractivity (Wildman–Crippen MR) is 80.0 cm³/mol. The molecular formula is C16H12F3N3O3. The molecule has 2 aromatic rings. The van der Waals surface area contributed by atoms with Gasteiger partial charge in [-0.15, -0.1) is 10.2 Å². The van der Waals surface area contributed by atoms with Crippen LogP contribution in [0.4, 0.5) is 13.2 Å². The van der Waals surface area contributed by atoms with E-state index in [0.717, 1.165) is 6.07 Å². The number of benzene rings is 2. The summed E-state index contributed by atoms with van der Waals surface area (Å²) >= 11 is 0. The molecule has 0 saturated carbocycles. The number of carbonyl (C=O) groups is 1. The van der Waals surface area contributed by atoms with Crippen LogP contribution in [0.2, 0.25) is 0 Å². The molecule has 1 aliphatic heterocycles. The maximum Gasteiger partial charge on any atom is 0.442 e. The normalized spacial score (nSPS) is 15.0. The van der Waals surface area contributed by atoms with Gasteiger partial charge in [-0.25, -0.2) is 0 Å². The van der Waals surface area contributed by atoms with Gasteiger partial charge in [0.15, 0.2) is 0 Å². The van der Waals surface area contributed by atoms with Crippen molar-refractivity contribution in [3.63, 3.8) is 0 Å². The molecule has 0 atom stereocenters. The topological polar surface area (TPSA) is 94.3 Å². The Balaban J connectivity index is 1.65. The highest BCUT2D eigenvalue weighted by Gasteiger charge is 2.65. The largest absolute Gasteiger partial charge is 0.508 e. The predicted octanol–water partition coefficient (Wildman–Crippen LogP) is 3.21. The second kappa shape index (κ2) is 5.76. The highest BCUT2D eigenvalue weighted by atomic mass is 19.4. The van der Waals surface area contributed by atoms with Crippen LogP contribution < -0.4 is 5.32 Å². The van der Waals surface area contributed by atoms with Crippen molar-refractivity contribution in [2.45, 2.75) is 18.4 Å². The van der Waals surface area contributed by atoms with E-state index < -0.39 is 17.7 Å². The van der Waals surface area contributed by atoms with Gasteiger partial charge in [0.2, 0.25) is 0 Å². The fraction of sp³-hybridized carbons (Fsp3) is 0.188. The molecule has 0 aromatic heterocycles. The first-order valence-corrected chi connectivity index (χ1v) is 7.13. The zero-order chi connectivity index (χ0) is 18.2. The average Bonchev–Trinajstić information content (AvgIpc) is 3.33. The molecule has 130 valence electrons. The van der Waals surface area contributed by atoms with Crippen LogP contribution in [0, 0.1) is 0 Å². The Kier molecular flexibility index (Phi) is 3.86. The molecule has 0 bridgehead atoms. The smallest absolute Gasteiger partial charge is 0.442 e. The number of hydrogen-bond acceptors (Lipinski definition) is 5. The average molecular weight is 351 g/mol. The third kappa shape index (κ3) is 3.25. The van der Waals surface area contributed by atoms with Crippen LogP contribution in [0.1, 0.15) is 21.5 Å². The van der Waals surface area contributed by atoms with E-state index in [1.54, 1.807) is 0 Å². The van der Waals surface area contributed by atoms with Crippen molar-refractivity contribution in [2.75, 3.05) is 0 Å². The van der Waals surface area contributed by atoms with Gasteiger partial charge in [0.05, 0.1) is 0 Å². The summed E-state index contributed by atoms with van der Waals surface area (Å²) in [6.45, 7) is 0.0584. The van der Waals surface area contributed by atoms with Gasteiger partial charge in [0.25, 0.3) is 5.91 Å². The SMILES string of the molecule is O=C(NCc1ccc(C2(C(F)(F)F)N=N2)cc1)c1cc(O)cc(O)c1. The first-order valence-electron chi connectivity index (χ1n) is 7.13. The molecule has 1 amide bonds. The van der Waals surface area contributed by atoms with Gasteiger partial charge >= 0.3 is 11.8 Å². The van der Waals surface area contributed by atoms with Crippen molar-refractivity contribution in [1.29, 1.82) is 0 Å². The number of alkyl halides is 3. The van der Waals surface area contributed by atoms with E-state index >= 15 is 0 Å². The minimum Gasteiger partial charge on any atom is -0.508 e. The number of halogens is 3. The number of nitrogens with one attached hydrogen (secondary N) is 1. The lowest BCUT2D eigenvalue weighted by Gasteiger charge is -2.15. The molecule has 3 rings (SSSR count). The van der Waals surface area contributed by atoms with Gasteiger partial charge in [-0.1, -0.05) is 24.3 Å². The number of phenols is 2. The van der Waals surface area contributed by atoms with Gasteiger partial charge in [-0.3, -0.25) is 4.79 Å². The van der Waals surface area contributed by atoms with Crippen molar-refractivity contribution in [1.82, 2.24) is 5.32 Å². The molecule has 0 saturated heterocycles. The Morgan fingerprint density at radius 3 is 2.08 bits per heavy atom. The second-order valence-electron chi connectivity index (χ2n) is 5.49. The van der Waals surface area contributed by atoms with Crippen molar-refractivity contribution in [3.8, 4) is 11.5 Å². The van der Waals surface area contributed by atoms with E-state index in [1.165, 1.54) is 36.4 Å². The van der Waals surface area contributed by atoms with Crippen LogP contribution in [0.3, 0.4) is 0 Å². The maximum atomic E-state index is 12.9.